The molecule has 0 bridgehead atoms. The van der Waals surface area contributed by atoms with E-state index < -0.39 is 51.2 Å². The molecule has 0 heterocycles. The van der Waals surface area contributed by atoms with Gasteiger partial charge in [-0.15, -0.1) is 0 Å². The molecule has 0 saturated carbocycles. The number of benzene rings is 1. The monoisotopic (exact) mass is 364 g/mol. The number of carbonyl (C=O) groups excluding carboxylic acids is 1. The fourth-order valence-corrected chi connectivity index (χ4v) is 2.27. The molecule has 0 fully saturated rings. The van der Waals surface area contributed by atoms with Crippen molar-refractivity contribution in [1.82, 2.24) is 5.32 Å². The van der Waals surface area contributed by atoms with Crippen molar-refractivity contribution in [3.05, 3.63) is 29.6 Å². The second-order valence-corrected chi connectivity index (χ2v) is 7.68. The smallest absolute Gasteiger partial charge is 0.407 e. The van der Waals surface area contributed by atoms with Gasteiger partial charge in [-0.1, -0.05) is 6.07 Å². The van der Waals surface area contributed by atoms with Gasteiger partial charge in [0, 0.05) is 12.1 Å². The van der Waals surface area contributed by atoms with Gasteiger partial charge in [-0.05, 0) is 32.9 Å². The summed E-state index contributed by atoms with van der Waals surface area (Å²) < 4.78 is 41.1. The number of hydrogen-bond donors (Lipinski definition) is 4. The number of halogens is 1. The summed E-state index contributed by atoms with van der Waals surface area (Å²) in [5.41, 5.74) is -1.07. The summed E-state index contributed by atoms with van der Waals surface area (Å²) in [6.45, 7) is 4.56. The van der Waals surface area contributed by atoms with Crippen molar-refractivity contribution in [2.45, 2.75) is 43.5 Å². The Morgan fingerprint density at radius 1 is 1.38 bits per heavy atom. The first-order valence-electron chi connectivity index (χ1n) is 6.96. The van der Waals surface area contributed by atoms with Crippen LogP contribution in [-0.4, -0.2) is 43.0 Å². The van der Waals surface area contributed by atoms with Crippen molar-refractivity contribution in [1.29, 1.82) is 0 Å². The van der Waals surface area contributed by atoms with Crippen LogP contribution in [0.1, 0.15) is 32.4 Å². The Hall–Kier alpha value is -1.75. The van der Waals surface area contributed by atoms with Gasteiger partial charge < -0.3 is 20.3 Å². The SMILES string of the molecule is CC(C)(C)OC(=O)NCC(O)C(O)c1ccc(S(N)(=O)=O)cc1F. The molecule has 1 aromatic rings. The Morgan fingerprint density at radius 2 is 1.96 bits per heavy atom. The number of nitrogens with two attached hydrogens (primary N) is 1. The molecule has 136 valence electrons. The zero-order valence-corrected chi connectivity index (χ0v) is 14.3. The Labute approximate surface area is 139 Å². The highest BCUT2D eigenvalue weighted by molar-refractivity contribution is 7.89. The summed E-state index contributed by atoms with van der Waals surface area (Å²) in [6, 6.07) is 2.64. The Kier molecular flexibility index (Phi) is 6.28. The average Bonchev–Trinajstić information content (AvgIpc) is 2.41. The summed E-state index contributed by atoms with van der Waals surface area (Å²) in [6.07, 6.45) is -4.03. The van der Waals surface area contributed by atoms with E-state index >= 15 is 0 Å². The molecule has 0 aliphatic heterocycles. The van der Waals surface area contributed by atoms with Crippen molar-refractivity contribution in [2.24, 2.45) is 5.14 Å². The molecule has 1 rings (SSSR count). The predicted octanol–water partition coefficient (Wildman–Crippen LogP) is 0.392. The lowest BCUT2D eigenvalue weighted by atomic mass is 10.0. The number of carbonyl (C=O) groups is 1. The van der Waals surface area contributed by atoms with Crippen LogP contribution in [0.3, 0.4) is 0 Å². The lowest BCUT2D eigenvalue weighted by molar-refractivity contribution is 0.0113. The van der Waals surface area contributed by atoms with Gasteiger partial charge in [-0.25, -0.2) is 22.7 Å². The molecule has 0 aliphatic rings. The van der Waals surface area contributed by atoms with Crippen LogP contribution < -0.4 is 10.5 Å². The minimum atomic E-state index is -4.08. The molecule has 10 heteroatoms. The van der Waals surface area contributed by atoms with Crippen molar-refractivity contribution in [2.75, 3.05) is 6.54 Å². The molecule has 0 aromatic heterocycles. The van der Waals surface area contributed by atoms with E-state index in [9.17, 15) is 27.8 Å². The zero-order chi connectivity index (χ0) is 18.7. The molecule has 0 radical (unpaired) electrons. The maximum atomic E-state index is 13.9. The quantitative estimate of drug-likeness (QED) is 0.596. The van der Waals surface area contributed by atoms with Crippen LogP contribution in [-0.2, 0) is 14.8 Å². The lowest BCUT2D eigenvalue weighted by Crippen LogP contribution is -2.39. The van der Waals surface area contributed by atoms with Gasteiger partial charge in [0.2, 0.25) is 10.0 Å². The highest BCUT2D eigenvalue weighted by Crippen LogP contribution is 2.22. The molecule has 2 unspecified atom stereocenters. The normalized spacial score (nSPS) is 14.8. The van der Waals surface area contributed by atoms with Crippen molar-refractivity contribution < 1.29 is 32.6 Å². The number of sulfonamides is 1. The number of hydrogen-bond acceptors (Lipinski definition) is 6. The fraction of sp³-hybridized carbons (Fsp3) is 0.500. The van der Waals surface area contributed by atoms with Gasteiger partial charge in [0.05, 0.1) is 4.90 Å². The summed E-state index contributed by atoms with van der Waals surface area (Å²) >= 11 is 0. The highest BCUT2D eigenvalue weighted by Gasteiger charge is 2.24. The third kappa shape index (κ3) is 6.04. The zero-order valence-electron chi connectivity index (χ0n) is 13.5. The molecule has 0 spiro atoms. The van der Waals surface area contributed by atoms with E-state index in [2.05, 4.69) is 5.32 Å². The molecule has 1 amide bonds. The molecular formula is C14H21FN2O6S. The van der Waals surface area contributed by atoms with Crippen LogP contribution in [0.4, 0.5) is 9.18 Å². The maximum Gasteiger partial charge on any atom is 0.407 e. The molecule has 8 nitrogen and oxygen atoms in total. The molecular weight excluding hydrogens is 343 g/mol. The average molecular weight is 364 g/mol. The summed E-state index contributed by atoms with van der Waals surface area (Å²) in [4.78, 5) is 11.0. The van der Waals surface area contributed by atoms with Crippen LogP contribution >= 0.6 is 0 Å². The van der Waals surface area contributed by atoms with Gasteiger partial charge in [0.1, 0.15) is 23.6 Å². The second-order valence-electron chi connectivity index (χ2n) is 6.12. The Morgan fingerprint density at radius 3 is 2.42 bits per heavy atom. The minimum absolute atomic E-state index is 0.333. The van der Waals surface area contributed by atoms with E-state index in [0.717, 1.165) is 12.1 Å². The number of amides is 1. The molecule has 5 N–H and O–H groups in total. The van der Waals surface area contributed by atoms with Gasteiger partial charge in [-0.2, -0.15) is 0 Å². The van der Waals surface area contributed by atoms with Crippen LogP contribution in [0.2, 0.25) is 0 Å². The van der Waals surface area contributed by atoms with E-state index in [1.165, 1.54) is 0 Å². The van der Waals surface area contributed by atoms with E-state index in [4.69, 9.17) is 9.88 Å². The molecule has 24 heavy (non-hydrogen) atoms. The highest BCUT2D eigenvalue weighted by atomic mass is 32.2. The first-order chi connectivity index (χ1) is 10.8. The minimum Gasteiger partial charge on any atom is -0.444 e. The summed E-state index contributed by atoms with van der Waals surface area (Å²) in [5, 5.41) is 26.9. The number of aliphatic hydroxyl groups is 2. The van der Waals surface area contributed by atoms with Gasteiger partial charge in [0.15, 0.2) is 0 Å². The second kappa shape index (κ2) is 7.43. The molecule has 1 aromatic carbocycles. The largest absolute Gasteiger partial charge is 0.444 e. The summed E-state index contributed by atoms with van der Waals surface area (Å²) in [5.74, 6) is -1.05. The maximum absolute atomic E-state index is 13.9. The molecule has 0 aliphatic carbocycles. The molecule has 2 atom stereocenters. The fourth-order valence-electron chi connectivity index (χ4n) is 1.75. The predicted molar refractivity (Wildman–Crippen MR) is 83.0 cm³/mol. The van der Waals surface area contributed by atoms with E-state index in [1.807, 2.05) is 0 Å². The van der Waals surface area contributed by atoms with Gasteiger partial charge in [0.25, 0.3) is 0 Å². The topological polar surface area (TPSA) is 139 Å². The first-order valence-corrected chi connectivity index (χ1v) is 8.51. The van der Waals surface area contributed by atoms with E-state index in [0.29, 0.717) is 6.07 Å². The van der Waals surface area contributed by atoms with Crippen LogP contribution in [0.25, 0.3) is 0 Å². The lowest BCUT2D eigenvalue weighted by Gasteiger charge is -2.22. The summed E-state index contributed by atoms with van der Waals surface area (Å²) in [7, 11) is -4.08. The van der Waals surface area contributed by atoms with Crippen LogP contribution in [0, 0.1) is 5.82 Å². The van der Waals surface area contributed by atoms with Crippen molar-refractivity contribution >= 4 is 16.1 Å². The Balaban J connectivity index is 2.76. The molecule has 0 saturated heterocycles. The van der Waals surface area contributed by atoms with Crippen molar-refractivity contribution in [3.8, 4) is 0 Å². The number of ether oxygens (including phenoxy) is 1. The van der Waals surface area contributed by atoms with Crippen LogP contribution in [0.15, 0.2) is 23.1 Å². The number of alkyl carbamates (subject to hydrolysis) is 1. The third-order valence-electron chi connectivity index (χ3n) is 2.84. The third-order valence-corrected chi connectivity index (χ3v) is 3.75. The standard InChI is InChI=1S/C14H21FN2O6S/c1-14(2,3)23-13(20)17-7-11(18)12(19)9-5-4-8(6-10(9)15)24(16,21)22/h4-6,11-12,18-19H,7H2,1-3H3,(H,17,20)(H2,16,21,22). The van der Waals surface area contributed by atoms with Gasteiger partial charge in [-0.3, -0.25) is 0 Å². The number of rotatable bonds is 5. The van der Waals surface area contributed by atoms with Crippen molar-refractivity contribution in [3.63, 3.8) is 0 Å². The van der Waals surface area contributed by atoms with Crippen LogP contribution in [0.5, 0.6) is 0 Å². The van der Waals surface area contributed by atoms with E-state index in [1.54, 1.807) is 20.8 Å². The number of aliphatic hydroxyl groups excluding tert-OH is 2. The Bertz CT molecular complexity index is 702. The van der Waals surface area contributed by atoms with Gasteiger partial charge >= 0.3 is 6.09 Å². The number of nitrogens with one attached hydrogen (secondary N) is 1. The number of primary sulfonamides is 1. The first kappa shape index (κ1) is 20.3. The van der Waals surface area contributed by atoms with E-state index in [-0.39, 0.29) is 5.56 Å².